The number of ether oxygens (including phenoxy) is 1. The van der Waals surface area contributed by atoms with Crippen molar-refractivity contribution in [2.45, 2.75) is 19.1 Å². The number of anilines is 1. The third-order valence-electron chi connectivity index (χ3n) is 6.27. The molecule has 1 N–H and O–H groups in total. The zero-order valence-corrected chi connectivity index (χ0v) is 20.2. The summed E-state index contributed by atoms with van der Waals surface area (Å²) in [5, 5.41) is 9.03. The van der Waals surface area contributed by atoms with Crippen LogP contribution in [0.1, 0.15) is 17.5 Å². The van der Waals surface area contributed by atoms with Gasteiger partial charge in [-0.25, -0.2) is 13.6 Å². The Morgan fingerprint density at radius 3 is 2.68 bits per heavy atom. The maximum atomic E-state index is 14.5. The molecule has 1 atom stereocenters. The Hall–Kier alpha value is -4.46. The van der Waals surface area contributed by atoms with E-state index in [1.165, 1.54) is 17.0 Å². The topological polar surface area (TPSA) is 63.2 Å². The normalized spacial score (nSPS) is 14.7. The van der Waals surface area contributed by atoms with Crippen LogP contribution >= 0.6 is 0 Å². The van der Waals surface area contributed by atoms with Gasteiger partial charge in [-0.05, 0) is 29.7 Å². The van der Waals surface area contributed by atoms with Crippen LogP contribution in [0.2, 0.25) is 0 Å². The molecule has 8 heteroatoms. The second kappa shape index (κ2) is 10.7. The molecule has 4 aromatic carbocycles. The van der Waals surface area contributed by atoms with Gasteiger partial charge >= 0.3 is 6.03 Å². The number of para-hydroxylation sites is 1. The van der Waals surface area contributed by atoms with Gasteiger partial charge in [-0.2, -0.15) is 0 Å². The van der Waals surface area contributed by atoms with Crippen LogP contribution < -0.4 is 10.1 Å². The lowest BCUT2D eigenvalue weighted by Crippen LogP contribution is -2.40. The van der Waals surface area contributed by atoms with E-state index < -0.39 is 23.8 Å². The summed E-state index contributed by atoms with van der Waals surface area (Å²) in [6, 6.07) is 23.7. The van der Waals surface area contributed by atoms with E-state index >= 15 is 0 Å². The third-order valence-corrected chi connectivity index (χ3v) is 6.27. The van der Waals surface area contributed by atoms with Gasteiger partial charge in [0.15, 0.2) is 6.10 Å². The molecular formula is C29H25F2N3O3. The summed E-state index contributed by atoms with van der Waals surface area (Å²) in [4.78, 5) is 20.6. The van der Waals surface area contributed by atoms with Crippen LogP contribution in [0.4, 0.5) is 19.3 Å². The lowest BCUT2D eigenvalue weighted by atomic mass is 10.0. The maximum Gasteiger partial charge on any atom is 0.322 e. The molecule has 0 radical (unpaired) electrons. The molecule has 1 aliphatic heterocycles. The van der Waals surface area contributed by atoms with E-state index in [2.05, 4.69) is 10.5 Å². The average Bonchev–Trinajstić information content (AvgIpc) is 3.38. The predicted octanol–water partition coefficient (Wildman–Crippen LogP) is 6.35. The number of carbonyl (C=O) groups is 1. The van der Waals surface area contributed by atoms with Crippen molar-refractivity contribution in [2.75, 3.05) is 19.0 Å². The lowest BCUT2D eigenvalue weighted by Gasteiger charge is -2.26. The number of urea groups is 1. The molecule has 0 aliphatic carbocycles. The zero-order valence-electron chi connectivity index (χ0n) is 20.2. The lowest BCUT2D eigenvalue weighted by molar-refractivity contribution is 0.0606. The molecule has 0 aromatic heterocycles. The first kappa shape index (κ1) is 24.2. The van der Waals surface area contributed by atoms with Gasteiger partial charge in [0.05, 0.1) is 31.6 Å². The van der Waals surface area contributed by atoms with E-state index in [4.69, 9.17) is 9.57 Å². The van der Waals surface area contributed by atoms with Gasteiger partial charge in [-0.3, -0.25) is 0 Å². The Bertz CT molecular complexity index is 1470. The fourth-order valence-corrected chi connectivity index (χ4v) is 4.42. The highest BCUT2D eigenvalue weighted by molar-refractivity contribution is 6.04. The highest BCUT2D eigenvalue weighted by atomic mass is 19.1. The second-order valence-corrected chi connectivity index (χ2v) is 8.74. The van der Waals surface area contributed by atoms with Crippen molar-refractivity contribution in [3.63, 3.8) is 0 Å². The minimum absolute atomic E-state index is 0.0768. The Kier molecular flexibility index (Phi) is 6.98. The molecule has 0 fully saturated rings. The van der Waals surface area contributed by atoms with E-state index in [1.807, 2.05) is 66.7 Å². The number of methoxy groups -OCH3 is 1. The fraction of sp³-hybridized carbons (Fsp3) is 0.172. The van der Waals surface area contributed by atoms with Crippen LogP contribution in [0.15, 0.2) is 90.1 Å². The fourth-order valence-electron chi connectivity index (χ4n) is 4.42. The van der Waals surface area contributed by atoms with Gasteiger partial charge in [0.25, 0.3) is 0 Å². The first-order chi connectivity index (χ1) is 18.0. The average molecular weight is 502 g/mol. The van der Waals surface area contributed by atoms with Crippen LogP contribution in [-0.2, 0) is 11.4 Å². The molecule has 0 bridgehead atoms. The van der Waals surface area contributed by atoms with Gasteiger partial charge in [-0.1, -0.05) is 59.8 Å². The van der Waals surface area contributed by atoms with Crippen molar-refractivity contribution in [3.05, 3.63) is 108 Å². The monoisotopic (exact) mass is 501 g/mol. The largest absolute Gasteiger partial charge is 0.496 e. The summed E-state index contributed by atoms with van der Waals surface area (Å²) < 4.78 is 33.5. The Morgan fingerprint density at radius 1 is 1.05 bits per heavy atom. The quantitative estimate of drug-likeness (QED) is 0.321. The van der Waals surface area contributed by atoms with E-state index in [9.17, 15) is 13.6 Å². The molecule has 1 aliphatic rings. The Morgan fingerprint density at radius 2 is 1.84 bits per heavy atom. The highest BCUT2D eigenvalue weighted by Gasteiger charge is 2.29. The summed E-state index contributed by atoms with van der Waals surface area (Å²) in [6.07, 6.45) is -0.0219. The standard InChI is InChI=1S/C29H25F2N3O3/c1-36-28-12-5-4-10-24(28)27-16-22(37-33-27)18-34(17-20-13-14-21(30)15-25(20)31)29(35)32-26-11-6-8-19-7-2-3-9-23(19)26/h2-15,22H,16-18H2,1H3,(H,32,35). The Balaban J connectivity index is 1.37. The number of hydrogen-bond acceptors (Lipinski definition) is 4. The SMILES string of the molecule is COc1ccccc1C1=NOC(CN(Cc2ccc(F)cc2F)C(=O)Nc2cccc3ccccc23)C1. The molecule has 37 heavy (non-hydrogen) atoms. The zero-order chi connectivity index (χ0) is 25.8. The summed E-state index contributed by atoms with van der Waals surface area (Å²) >= 11 is 0. The molecule has 188 valence electrons. The molecule has 1 unspecified atom stereocenters. The number of halogens is 2. The first-order valence-electron chi connectivity index (χ1n) is 11.9. The molecule has 5 rings (SSSR count). The second-order valence-electron chi connectivity index (χ2n) is 8.74. The van der Waals surface area contributed by atoms with Gasteiger partial charge in [0, 0.05) is 29.0 Å². The van der Waals surface area contributed by atoms with Gasteiger partial charge in [0.1, 0.15) is 17.4 Å². The van der Waals surface area contributed by atoms with Crippen molar-refractivity contribution >= 4 is 28.2 Å². The van der Waals surface area contributed by atoms with Crippen molar-refractivity contribution < 1.29 is 23.1 Å². The number of hydrogen-bond donors (Lipinski definition) is 1. The molecule has 4 aromatic rings. The van der Waals surface area contributed by atoms with Gasteiger partial charge in [0.2, 0.25) is 0 Å². The number of oxime groups is 1. The number of nitrogens with one attached hydrogen (secondary N) is 1. The van der Waals surface area contributed by atoms with Gasteiger partial charge in [-0.15, -0.1) is 0 Å². The predicted molar refractivity (Wildman–Crippen MR) is 139 cm³/mol. The van der Waals surface area contributed by atoms with Crippen LogP contribution in [0.5, 0.6) is 5.75 Å². The van der Waals surface area contributed by atoms with E-state index in [-0.39, 0.29) is 18.7 Å². The number of carbonyl (C=O) groups excluding carboxylic acids is 1. The van der Waals surface area contributed by atoms with Crippen LogP contribution in [0.25, 0.3) is 10.8 Å². The number of benzene rings is 4. The number of amides is 2. The van der Waals surface area contributed by atoms with E-state index in [0.717, 1.165) is 22.4 Å². The summed E-state index contributed by atoms with van der Waals surface area (Å²) in [6.45, 7) is 0.0577. The summed E-state index contributed by atoms with van der Waals surface area (Å²) in [7, 11) is 1.59. The van der Waals surface area contributed by atoms with Crippen LogP contribution in [0.3, 0.4) is 0 Å². The molecule has 1 heterocycles. The third kappa shape index (κ3) is 5.38. The van der Waals surface area contributed by atoms with Crippen molar-refractivity contribution in [3.8, 4) is 5.75 Å². The van der Waals surface area contributed by atoms with Crippen LogP contribution in [-0.4, -0.2) is 36.4 Å². The number of nitrogens with zero attached hydrogens (tertiary/aromatic N) is 2. The van der Waals surface area contributed by atoms with Crippen LogP contribution in [0, 0.1) is 11.6 Å². The Labute approximate surface area is 213 Å². The highest BCUT2D eigenvalue weighted by Crippen LogP contribution is 2.27. The molecule has 6 nitrogen and oxygen atoms in total. The van der Waals surface area contributed by atoms with E-state index in [0.29, 0.717) is 23.6 Å². The summed E-state index contributed by atoms with van der Waals surface area (Å²) in [5.41, 5.74) is 2.33. The molecule has 0 saturated heterocycles. The van der Waals surface area contributed by atoms with E-state index in [1.54, 1.807) is 7.11 Å². The maximum absolute atomic E-state index is 14.5. The molecule has 2 amide bonds. The number of rotatable bonds is 7. The molecule has 0 saturated carbocycles. The van der Waals surface area contributed by atoms with Crippen molar-refractivity contribution in [1.82, 2.24) is 4.90 Å². The minimum atomic E-state index is -0.721. The van der Waals surface area contributed by atoms with Crippen molar-refractivity contribution in [2.24, 2.45) is 5.16 Å². The minimum Gasteiger partial charge on any atom is -0.496 e. The molecular weight excluding hydrogens is 476 g/mol. The summed E-state index contributed by atoms with van der Waals surface area (Å²) in [5.74, 6) is -0.729. The smallest absolute Gasteiger partial charge is 0.322 e. The van der Waals surface area contributed by atoms with Crippen molar-refractivity contribution in [1.29, 1.82) is 0 Å². The molecule has 0 spiro atoms. The van der Waals surface area contributed by atoms with Gasteiger partial charge < -0.3 is 19.8 Å². The first-order valence-corrected chi connectivity index (χ1v) is 11.9. The number of fused-ring (bicyclic) bond motifs is 1.